The summed E-state index contributed by atoms with van der Waals surface area (Å²) >= 11 is 7.17. The van der Waals surface area contributed by atoms with Crippen molar-refractivity contribution < 1.29 is 4.58 Å². The van der Waals surface area contributed by atoms with Gasteiger partial charge in [-0.25, -0.2) is 0 Å². The molecule has 0 saturated heterocycles. The summed E-state index contributed by atoms with van der Waals surface area (Å²) in [6, 6.07) is 17.9. The number of rotatable bonds is 3. The van der Waals surface area contributed by atoms with Gasteiger partial charge in [0.1, 0.15) is 7.05 Å². The second-order valence-electron chi connectivity index (χ2n) is 13.7. The average molecular weight is 586 g/mol. The van der Waals surface area contributed by atoms with E-state index >= 15 is 0 Å². The highest BCUT2D eigenvalue weighted by molar-refractivity contribution is 6.32. The lowest BCUT2D eigenvalue weighted by atomic mass is 9.76. The van der Waals surface area contributed by atoms with E-state index in [-0.39, 0.29) is 10.8 Å². The zero-order valence-corrected chi connectivity index (χ0v) is 27.1. The molecule has 3 aromatic carbocycles. The maximum Gasteiger partial charge on any atom is 0.209 e. The van der Waals surface area contributed by atoms with Crippen LogP contribution in [0.1, 0.15) is 69.2 Å². The Hall–Kier alpha value is -3.62. The number of fused-ring (bicyclic) bond motifs is 6. The quantitative estimate of drug-likeness (QED) is 0.219. The second kappa shape index (κ2) is 10.2. The molecule has 0 radical (unpaired) electrons. The van der Waals surface area contributed by atoms with Crippen molar-refractivity contribution in [1.82, 2.24) is 0 Å². The number of hydrogen-bond donors (Lipinski definition) is 0. The third-order valence-electron chi connectivity index (χ3n) is 10.4. The molecule has 2 nitrogen and oxygen atoms in total. The summed E-state index contributed by atoms with van der Waals surface area (Å²) in [5.74, 6) is 0. The summed E-state index contributed by atoms with van der Waals surface area (Å²) in [6.45, 7) is 9.45. The molecule has 2 aliphatic heterocycles. The highest BCUT2D eigenvalue weighted by atomic mass is 35.5. The van der Waals surface area contributed by atoms with E-state index in [2.05, 4.69) is 136 Å². The molecule has 4 aliphatic rings. The lowest BCUT2D eigenvalue weighted by Crippen LogP contribution is -2.28. The lowest BCUT2D eigenvalue weighted by molar-refractivity contribution is -0.401. The van der Waals surface area contributed by atoms with Crippen molar-refractivity contribution in [2.75, 3.05) is 19.0 Å². The van der Waals surface area contributed by atoms with Crippen molar-refractivity contribution >= 4 is 39.5 Å². The van der Waals surface area contributed by atoms with Crippen LogP contribution in [0.2, 0.25) is 0 Å². The molecule has 0 unspecified atom stereocenters. The smallest absolute Gasteiger partial charge is 0.209 e. The minimum atomic E-state index is -0.102. The molecule has 3 aromatic rings. The molecule has 2 heterocycles. The monoisotopic (exact) mass is 585 g/mol. The fraction of sp³-hybridized carbons (Fsp3) is 0.325. The maximum atomic E-state index is 7.17. The van der Waals surface area contributed by atoms with Gasteiger partial charge in [-0.2, -0.15) is 4.58 Å². The number of halogens is 1. The highest BCUT2D eigenvalue weighted by Gasteiger charge is 2.45. The van der Waals surface area contributed by atoms with Gasteiger partial charge in [0.15, 0.2) is 5.71 Å². The number of hydrogen-bond acceptors (Lipinski definition) is 1. The Bertz CT molecular complexity index is 1870. The van der Waals surface area contributed by atoms with Crippen LogP contribution in [0.15, 0.2) is 107 Å². The molecule has 0 bridgehead atoms. The lowest BCUT2D eigenvalue weighted by Gasteiger charge is -2.25. The van der Waals surface area contributed by atoms with Crippen molar-refractivity contribution in [1.29, 1.82) is 0 Å². The van der Waals surface area contributed by atoms with E-state index in [4.69, 9.17) is 11.6 Å². The first-order valence-electron chi connectivity index (χ1n) is 15.8. The number of anilines is 1. The van der Waals surface area contributed by atoms with Crippen LogP contribution in [0, 0.1) is 0 Å². The van der Waals surface area contributed by atoms with Gasteiger partial charge in [0.2, 0.25) is 5.69 Å². The summed E-state index contributed by atoms with van der Waals surface area (Å²) in [7, 11) is 4.41. The molecule has 0 spiro atoms. The summed E-state index contributed by atoms with van der Waals surface area (Å²) < 4.78 is 2.39. The molecule has 43 heavy (non-hydrogen) atoms. The molecule has 0 N–H and O–H groups in total. The third-order valence-corrected chi connectivity index (χ3v) is 10.9. The molecule has 0 fully saturated rings. The predicted octanol–water partition coefficient (Wildman–Crippen LogP) is 9.97. The van der Waals surface area contributed by atoms with Gasteiger partial charge < -0.3 is 4.90 Å². The molecule has 0 aromatic heterocycles. The Labute approximate surface area is 262 Å². The largest absolute Gasteiger partial charge is 0.347 e. The van der Waals surface area contributed by atoms with Crippen molar-refractivity contribution in [2.45, 2.75) is 70.6 Å². The van der Waals surface area contributed by atoms with Gasteiger partial charge in [0, 0.05) is 46.6 Å². The zero-order chi connectivity index (χ0) is 30.1. The molecule has 3 heteroatoms. The van der Waals surface area contributed by atoms with Crippen molar-refractivity contribution in [3.05, 3.63) is 129 Å². The minimum Gasteiger partial charge on any atom is -0.347 e. The SMILES string of the molecule is CN1C(=CC=C2CCCC(C=CC3=[N+](C)c4ccc5c(c4C3(C)C)CC=CC5)=C2Cl)C(C)(C)c2c1ccc1ccccc21. The molecular formula is C40H42ClN2+. The Balaban J connectivity index is 1.21. The highest BCUT2D eigenvalue weighted by Crippen LogP contribution is 2.50. The van der Waals surface area contributed by atoms with E-state index in [0.717, 1.165) is 37.1 Å². The predicted molar refractivity (Wildman–Crippen MR) is 184 cm³/mol. The van der Waals surface area contributed by atoms with Crippen LogP contribution in [0.25, 0.3) is 10.8 Å². The standard InChI is InChI=1S/C40H42ClN2/c1-39(2)34(42(5)32-22-18-26-12-7-9-16-30(26)36(32)39)24-20-28-14-11-15-29(38(28)41)21-25-35-40(3,4)37-31-17-10-8-13-27(31)19-23-33(37)43(35)6/h7-10,12,16,18-25H,11,13-15,17H2,1-6H3/q+1. The van der Waals surface area contributed by atoms with Gasteiger partial charge in [0.25, 0.3) is 0 Å². The van der Waals surface area contributed by atoms with E-state index in [9.17, 15) is 0 Å². The summed E-state index contributed by atoms with van der Waals surface area (Å²) in [5, 5.41) is 3.55. The number of benzene rings is 3. The Morgan fingerprint density at radius 3 is 2.47 bits per heavy atom. The van der Waals surface area contributed by atoms with Gasteiger partial charge in [-0.15, -0.1) is 0 Å². The van der Waals surface area contributed by atoms with Gasteiger partial charge in [-0.05, 0) is 96.7 Å². The van der Waals surface area contributed by atoms with E-state index in [1.54, 1.807) is 0 Å². The fourth-order valence-corrected chi connectivity index (χ4v) is 8.56. The van der Waals surface area contributed by atoms with E-state index in [1.165, 1.54) is 67.0 Å². The minimum absolute atomic E-state index is 0.0558. The Morgan fingerprint density at radius 1 is 0.837 bits per heavy atom. The molecule has 0 saturated carbocycles. The molecule has 0 amide bonds. The summed E-state index contributed by atoms with van der Waals surface area (Å²) in [5.41, 5.74) is 13.5. The van der Waals surface area contributed by atoms with Gasteiger partial charge in [-0.1, -0.05) is 86.2 Å². The maximum absolute atomic E-state index is 7.17. The van der Waals surface area contributed by atoms with Crippen LogP contribution in [0.5, 0.6) is 0 Å². The normalized spacial score (nSPS) is 22.3. The fourth-order valence-electron chi connectivity index (χ4n) is 8.25. The van der Waals surface area contributed by atoms with Crippen molar-refractivity contribution in [3.8, 4) is 0 Å². The average Bonchev–Trinajstić information content (AvgIpc) is 3.33. The Morgan fingerprint density at radius 2 is 1.63 bits per heavy atom. The number of allylic oxidation sites excluding steroid dienone is 10. The third kappa shape index (κ3) is 4.32. The number of likely N-dealkylation sites (N-methyl/N-ethyl adjacent to an activating group) is 1. The summed E-state index contributed by atoms with van der Waals surface area (Å²) in [4.78, 5) is 2.36. The summed E-state index contributed by atoms with van der Waals surface area (Å²) in [6.07, 6.45) is 19.1. The zero-order valence-electron chi connectivity index (χ0n) is 26.4. The van der Waals surface area contributed by atoms with Gasteiger partial charge in [0.05, 0.1) is 5.41 Å². The Kier molecular flexibility index (Phi) is 6.71. The van der Waals surface area contributed by atoms with Crippen LogP contribution in [0.3, 0.4) is 0 Å². The first kappa shape index (κ1) is 28.2. The molecule has 2 aliphatic carbocycles. The first-order chi connectivity index (χ1) is 20.6. The molecule has 218 valence electrons. The van der Waals surface area contributed by atoms with E-state index in [1.807, 2.05) is 0 Å². The topological polar surface area (TPSA) is 6.25 Å². The first-order valence-corrected chi connectivity index (χ1v) is 16.1. The van der Waals surface area contributed by atoms with Crippen LogP contribution in [0.4, 0.5) is 11.4 Å². The van der Waals surface area contributed by atoms with Crippen LogP contribution in [-0.2, 0) is 23.7 Å². The molecule has 7 rings (SSSR count). The van der Waals surface area contributed by atoms with Gasteiger partial charge in [-0.3, -0.25) is 0 Å². The molecular weight excluding hydrogens is 544 g/mol. The van der Waals surface area contributed by atoms with Crippen LogP contribution >= 0.6 is 11.6 Å². The molecule has 0 atom stereocenters. The van der Waals surface area contributed by atoms with Crippen molar-refractivity contribution in [2.24, 2.45) is 0 Å². The van der Waals surface area contributed by atoms with Crippen LogP contribution < -0.4 is 4.90 Å². The van der Waals surface area contributed by atoms with Crippen LogP contribution in [-0.4, -0.2) is 24.4 Å². The second-order valence-corrected chi connectivity index (χ2v) is 14.1. The van der Waals surface area contributed by atoms with E-state index in [0.29, 0.717) is 0 Å². The van der Waals surface area contributed by atoms with E-state index < -0.39 is 0 Å². The number of nitrogens with zero attached hydrogens (tertiary/aromatic N) is 2. The van der Waals surface area contributed by atoms with Crippen molar-refractivity contribution in [3.63, 3.8) is 0 Å². The van der Waals surface area contributed by atoms with Gasteiger partial charge >= 0.3 is 0 Å².